The van der Waals surface area contributed by atoms with Crippen LogP contribution in [0, 0.1) is 12.7 Å². The van der Waals surface area contributed by atoms with Crippen LogP contribution in [0.25, 0.3) is 28.3 Å². The Morgan fingerprint density at radius 1 is 1.15 bits per heavy atom. The normalized spacial score (nSPS) is 11.2. The summed E-state index contributed by atoms with van der Waals surface area (Å²) in [6.45, 7) is 1.60. The van der Waals surface area contributed by atoms with Gasteiger partial charge in [0.05, 0.1) is 11.3 Å². The molecule has 5 aromatic rings. The first-order chi connectivity index (χ1) is 15.9. The van der Waals surface area contributed by atoms with Crippen molar-refractivity contribution in [2.75, 3.05) is 5.73 Å². The third-order valence-electron chi connectivity index (χ3n) is 5.10. The molecule has 0 bridgehead atoms. The highest BCUT2D eigenvalue weighted by Crippen LogP contribution is 2.24. The molecule has 0 radical (unpaired) electrons. The van der Waals surface area contributed by atoms with Gasteiger partial charge in [-0.05, 0) is 36.2 Å². The molecule has 0 amide bonds. The summed E-state index contributed by atoms with van der Waals surface area (Å²) in [5, 5.41) is 13.4. The van der Waals surface area contributed by atoms with E-state index in [2.05, 4.69) is 20.1 Å². The van der Waals surface area contributed by atoms with E-state index in [4.69, 9.17) is 15.3 Å². The van der Waals surface area contributed by atoms with Crippen LogP contribution in [0.1, 0.15) is 27.7 Å². The van der Waals surface area contributed by atoms with E-state index in [-0.39, 0.29) is 17.1 Å². The van der Waals surface area contributed by atoms with Crippen molar-refractivity contribution in [1.29, 1.82) is 0 Å². The van der Waals surface area contributed by atoms with Crippen LogP contribution >= 0.6 is 0 Å². The summed E-state index contributed by atoms with van der Waals surface area (Å²) in [5.74, 6) is -0.884. The van der Waals surface area contributed by atoms with Gasteiger partial charge in [-0.3, -0.25) is 0 Å². The lowest BCUT2D eigenvalue weighted by Gasteiger charge is -2.03. The van der Waals surface area contributed by atoms with Crippen LogP contribution in [-0.4, -0.2) is 35.6 Å². The van der Waals surface area contributed by atoms with Crippen LogP contribution < -0.4 is 5.73 Å². The summed E-state index contributed by atoms with van der Waals surface area (Å²) in [4.78, 5) is 23.9. The predicted molar refractivity (Wildman–Crippen MR) is 117 cm³/mol. The quantitative estimate of drug-likeness (QED) is 0.392. The summed E-state index contributed by atoms with van der Waals surface area (Å²) in [5.41, 5.74) is 9.31. The van der Waals surface area contributed by atoms with Gasteiger partial charge >= 0.3 is 5.97 Å². The second-order valence-corrected chi connectivity index (χ2v) is 7.46. The van der Waals surface area contributed by atoms with Crippen molar-refractivity contribution >= 4 is 17.4 Å². The number of aryl methyl sites for hydroxylation is 1. The molecule has 2 aromatic carbocycles. The third-order valence-corrected chi connectivity index (χ3v) is 5.10. The Labute approximate surface area is 186 Å². The van der Waals surface area contributed by atoms with Crippen LogP contribution in [0.2, 0.25) is 0 Å². The Morgan fingerprint density at radius 3 is 2.67 bits per heavy atom. The maximum absolute atomic E-state index is 14.2. The van der Waals surface area contributed by atoms with E-state index in [1.807, 2.05) is 24.3 Å². The molecule has 0 unspecified atom stereocenters. The number of oxazole rings is 1. The molecule has 3 N–H and O–H groups in total. The van der Waals surface area contributed by atoms with Gasteiger partial charge in [0, 0.05) is 30.1 Å². The fourth-order valence-corrected chi connectivity index (χ4v) is 3.48. The van der Waals surface area contributed by atoms with Gasteiger partial charge in [0.15, 0.2) is 11.7 Å². The molecule has 3 aromatic heterocycles. The summed E-state index contributed by atoms with van der Waals surface area (Å²) < 4.78 is 21.0. The molecule has 0 saturated heterocycles. The predicted octanol–water partition coefficient (Wildman–Crippen LogP) is 3.77. The highest BCUT2D eigenvalue weighted by Gasteiger charge is 2.16. The number of aromatic nitrogens is 5. The molecule has 0 aliphatic rings. The second-order valence-electron chi connectivity index (χ2n) is 7.46. The van der Waals surface area contributed by atoms with E-state index in [1.165, 1.54) is 22.7 Å². The van der Waals surface area contributed by atoms with Crippen molar-refractivity contribution in [2.24, 2.45) is 0 Å². The number of carboxylic acid groups (broad SMARTS) is 1. The smallest absolute Gasteiger partial charge is 0.373 e. The lowest BCUT2D eigenvalue weighted by Crippen LogP contribution is -1.95. The van der Waals surface area contributed by atoms with Crippen LogP contribution in [0.15, 0.2) is 59.3 Å². The Bertz CT molecular complexity index is 1510. The molecule has 3 heterocycles. The van der Waals surface area contributed by atoms with Crippen LogP contribution in [0.3, 0.4) is 0 Å². The molecule has 0 fully saturated rings. The SMILES string of the molecule is Cc1nc(Cc2ccc(-c3cnc4nc(-c5cc(N)ccc5F)nn4c3)cc2)oc1C(=O)O. The Kier molecular flexibility index (Phi) is 4.82. The maximum Gasteiger partial charge on any atom is 0.373 e. The standard InChI is InChI=1S/C23H17FN6O3/c1-12-20(22(31)32)33-19(27-12)8-13-2-4-14(5-3-13)15-10-26-23-28-21(29-30(23)11-15)17-9-16(25)6-7-18(17)24/h2-7,9-11H,8,25H2,1H3,(H,31,32). The molecule has 0 aliphatic carbocycles. The van der Waals surface area contributed by atoms with Gasteiger partial charge in [0.2, 0.25) is 5.76 Å². The maximum atomic E-state index is 14.2. The molecule has 0 aliphatic heterocycles. The summed E-state index contributed by atoms with van der Waals surface area (Å²) in [7, 11) is 0. The number of nitrogens with two attached hydrogens (primary N) is 1. The highest BCUT2D eigenvalue weighted by molar-refractivity contribution is 5.85. The number of halogens is 1. The zero-order chi connectivity index (χ0) is 23.1. The molecule has 33 heavy (non-hydrogen) atoms. The molecule has 0 saturated carbocycles. The number of benzene rings is 2. The molecule has 0 spiro atoms. The number of anilines is 1. The zero-order valence-corrected chi connectivity index (χ0v) is 17.4. The largest absolute Gasteiger partial charge is 0.475 e. The lowest BCUT2D eigenvalue weighted by atomic mass is 10.1. The topological polar surface area (TPSA) is 132 Å². The van der Waals surface area contributed by atoms with Gasteiger partial charge < -0.3 is 15.3 Å². The number of carbonyl (C=O) groups is 1. The number of carboxylic acids is 1. The molecular weight excluding hydrogens is 427 g/mol. The molecular formula is C23H17FN6O3. The number of nitrogens with zero attached hydrogens (tertiary/aromatic N) is 5. The van der Waals surface area contributed by atoms with Crippen LogP contribution in [0.4, 0.5) is 10.1 Å². The number of aromatic carboxylic acids is 1. The van der Waals surface area contributed by atoms with E-state index >= 15 is 0 Å². The van der Waals surface area contributed by atoms with E-state index in [1.54, 1.807) is 19.3 Å². The van der Waals surface area contributed by atoms with E-state index in [0.29, 0.717) is 29.5 Å². The van der Waals surface area contributed by atoms with Crippen molar-refractivity contribution in [1.82, 2.24) is 24.6 Å². The number of hydrogen-bond acceptors (Lipinski definition) is 7. The monoisotopic (exact) mass is 444 g/mol. The van der Waals surface area contributed by atoms with Gasteiger partial charge in [-0.1, -0.05) is 24.3 Å². The van der Waals surface area contributed by atoms with Crippen molar-refractivity contribution in [2.45, 2.75) is 13.3 Å². The summed E-state index contributed by atoms with van der Waals surface area (Å²) in [6, 6.07) is 11.8. The second kappa shape index (κ2) is 7.83. The fraction of sp³-hybridized carbons (Fsp3) is 0.0870. The van der Waals surface area contributed by atoms with Gasteiger partial charge in [-0.25, -0.2) is 23.7 Å². The van der Waals surface area contributed by atoms with E-state index in [0.717, 1.165) is 16.7 Å². The zero-order valence-electron chi connectivity index (χ0n) is 17.4. The van der Waals surface area contributed by atoms with E-state index in [9.17, 15) is 9.18 Å². The summed E-state index contributed by atoms with van der Waals surface area (Å²) >= 11 is 0. The van der Waals surface area contributed by atoms with E-state index < -0.39 is 11.8 Å². The number of nitrogen functional groups attached to an aromatic ring is 1. The fourth-order valence-electron chi connectivity index (χ4n) is 3.48. The number of fused-ring (bicyclic) bond motifs is 1. The minimum atomic E-state index is -1.14. The number of rotatable bonds is 5. The van der Waals surface area contributed by atoms with Crippen molar-refractivity contribution in [3.8, 4) is 22.5 Å². The first-order valence-corrected chi connectivity index (χ1v) is 9.94. The molecule has 5 rings (SSSR count). The highest BCUT2D eigenvalue weighted by atomic mass is 19.1. The van der Waals surface area contributed by atoms with Crippen LogP contribution in [-0.2, 0) is 6.42 Å². The minimum absolute atomic E-state index is 0.147. The van der Waals surface area contributed by atoms with Gasteiger partial charge in [0.1, 0.15) is 5.82 Å². The third kappa shape index (κ3) is 3.89. The minimum Gasteiger partial charge on any atom is -0.475 e. The Hall–Kier alpha value is -4.60. The molecule has 164 valence electrons. The van der Waals surface area contributed by atoms with Crippen LogP contribution in [0.5, 0.6) is 0 Å². The van der Waals surface area contributed by atoms with Gasteiger partial charge in [-0.2, -0.15) is 4.98 Å². The Balaban J connectivity index is 1.40. The van der Waals surface area contributed by atoms with Crippen molar-refractivity contribution in [3.05, 3.63) is 83.6 Å². The van der Waals surface area contributed by atoms with Gasteiger partial charge in [0.25, 0.3) is 5.78 Å². The molecule has 0 atom stereocenters. The lowest BCUT2D eigenvalue weighted by molar-refractivity contribution is 0.0659. The molecule has 10 heteroatoms. The number of hydrogen-bond donors (Lipinski definition) is 2. The Morgan fingerprint density at radius 2 is 1.94 bits per heavy atom. The van der Waals surface area contributed by atoms with Gasteiger partial charge in [-0.15, -0.1) is 5.10 Å². The summed E-state index contributed by atoms with van der Waals surface area (Å²) in [6.07, 6.45) is 3.79. The van der Waals surface area contributed by atoms with Crippen molar-refractivity contribution < 1.29 is 18.7 Å². The first-order valence-electron chi connectivity index (χ1n) is 9.94. The molecule has 9 nitrogen and oxygen atoms in total. The average Bonchev–Trinajstić information content (AvgIpc) is 3.38. The van der Waals surface area contributed by atoms with Crippen molar-refractivity contribution in [3.63, 3.8) is 0 Å². The first kappa shape index (κ1) is 20.3. The average molecular weight is 444 g/mol.